The maximum absolute atomic E-state index is 13.1. The molecule has 4 rings (SSSR count). The van der Waals surface area contributed by atoms with Gasteiger partial charge in [-0.15, -0.1) is 0 Å². The summed E-state index contributed by atoms with van der Waals surface area (Å²) in [4.78, 5) is 32.2. The lowest BCUT2D eigenvalue weighted by molar-refractivity contribution is -0.166. The molecule has 1 aliphatic carbocycles. The third-order valence-corrected chi connectivity index (χ3v) is 6.78. The minimum Gasteiger partial charge on any atom is -0.361 e. The molecule has 6 nitrogen and oxygen atoms in total. The molecule has 2 amide bonds. The van der Waals surface area contributed by atoms with E-state index in [1.807, 2.05) is 41.4 Å². The molecule has 2 heterocycles. The minimum atomic E-state index is -1.08. The van der Waals surface area contributed by atoms with Crippen LogP contribution in [0.4, 0.5) is 0 Å². The van der Waals surface area contributed by atoms with E-state index in [0.29, 0.717) is 31.9 Å². The number of hydrogen-bond donors (Lipinski definition) is 1. The number of nitrogens with zero attached hydrogens (tertiary/aromatic N) is 2. The second-order valence-corrected chi connectivity index (χ2v) is 9.06. The van der Waals surface area contributed by atoms with Crippen molar-refractivity contribution in [3.8, 4) is 11.1 Å². The van der Waals surface area contributed by atoms with Crippen LogP contribution in [-0.4, -0.2) is 54.0 Å². The molecule has 0 bridgehead atoms. The summed E-state index contributed by atoms with van der Waals surface area (Å²) in [6.07, 6.45) is 10.6. The number of nitrogens with one attached hydrogen (secondary N) is 1. The Morgan fingerprint density at radius 1 is 1.16 bits per heavy atom. The molecule has 0 radical (unpaired) electrons. The Kier molecular flexibility index (Phi) is 7.20. The minimum absolute atomic E-state index is 0.151. The summed E-state index contributed by atoms with van der Waals surface area (Å²) in [6, 6.07) is 12.0. The van der Waals surface area contributed by atoms with Crippen molar-refractivity contribution in [2.24, 2.45) is 5.92 Å². The summed E-state index contributed by atoms with van der Waals surface area (Å²) in [6.45, 7) is 1.20. The topological polar surface area (TPSA) is 71.5 Å². The number of morpholine rings is 1. The van der Waals surface area contributed by atoms with Crippen molar-refractivity contribution in [1.29, 1.82) is 0 Å². The number of rotatable bonds is 6. The smallest absolute Gasteiger partial charge is 0.254 e. The van der Waals surface area contributed by atoms with E-state index in [-0.39, 0.29) is 18.4 Å². The molecular weight excluding hydrogens is 402 g/mol. The van der Waals surface area contributed by atoms with Crippen LogP contribution in [0.2, 0.25) is 0 Å². The van der Waals surface area contributed by atoms with Crippen LogP contribution in [0, 0.1) is 5.92 Å². The van der Waals surface area contributed by atoms with Crippen molar-refractivity contribution in [2.45, 2.75) is 50.5 Å². The zero-order chi connectivity index (χ0) is 22.4. The normalized spacial score (nSPS) is 21.8. The van der Waals surface area contributed by atoms with E-state index in [0.717, 1.165) is 29.5 Å². The fourth-order valence-electron chi connectivity index (χ4n) is 5.04. The highest BCUT2D eigenvalue weighted by molar-refractivity contribution is 5.87. The van der Waals surface area contributed by atoms with Gasteiger partial charge in [0.25, 0.3) is 5.91 Å². The number of hydrogen-bond acceptors (Lipinski definition) is 4. The summed E-state index contributed by atoms with van der Waals surface area (Å²) in [5.74, 6) is 0.446. The summed E-state index contributed by atoms with van der Waals surface area (Å²) in [7, 11) is 1.63. The van der Waals surface area contributed by atoms with E-state index in [1.54, 1.807) is 13.2 Å². The Labute approximate surface area is 190 Å². The molecule has 1 aromatic heterocycles. The first-order valence-electron chi connectivity index (χ1n) is 11.7. The fraction of sp³-hybridized carbons (Fsp3) is 0.500. The Bertz CT molecular complexity index is 927. The molecule has 1 aliphatic heterocycles. The van der Waals surface area contributed by atoms with Crippen molar-refractivity contribution < 1.29 is 14.3 Å². The molecule has 0 unspecified atom stereocenters. The quantitative estimate of drug-likeness (QED) is 0.753. The fourth-order valence-corrected chi connectivity index (χ4v) is 5.04. The van der Waals surface area contributed by atoms with Crippen LogP contribution in [0.25, 0.3) is 11.1 Å². The van der Waals surface area contributed by atoms with Gasteiger partial charge in [-0.25, -0.2) is 0 Å². The predicted molar refractivity (Wildman–Crippen MR) is 124 cm³/mol. The first-order chi connectivity index (χ1) is 15.6. The van der Waals surface area contributed by atoms with Crippen LogP contribution in [0.1, 0.15) is 44.1 Å². The standard InChI is InChI=1S/C26H33N3O3/c1-27-25(31)26(17-21-9-5-10-22(15-21)23-11-6-12-28-18-23)19-29(13-14-32-26)24(30)16-20-7-3-2-4-8-20/h5-6,9-12,15,18,20H,2-4,7-8,13-14,16-17,19H2,1H3,(H,27,31)/t26-/m1/s1. The van der Waals surface area contributed by atoms with Crippen molar-refractivity contribution in [3.63, 3.8) is 0 Å². The van der Waals surface area contributed by atoms with E-state index in [4.69, 9.17) is 4.74 Å². The number of pyridine rings is 1. The van der Waals surface area contributed by atoms with Crippen LogP contribution in [0.3, 0.4) is 0 Å². The van der Waals surface area contributed by atoms with Gasteiger partial charge in [-0.3, -0.25) is 14.6 Å². The number of carbonyl (C=O) groups excluding carboxylic acids is 2. The largest absolute Gasteiger partial charge is 0.361 e. The second kappa shape index (κ2) is 10.3. The molecule has 1 saturated carbocycles. The zero-order valence-electron chi connectivity index (χ0n) is 18.9. The van der Waals surface area contributed by atoms with Crippen LogP contribution in [0.5, 0.6) is 0 Å². The second-order valence-electron chi connectivity index (χ2n) is 9.06. The average molecular weight is 436 g/mol. The zero-order valence-corrected chi connectivity index (χ0v) is 18.9. The molecule has 2 fully saturated rings. The summed E-state index contributed by atoms with van der Waals surface area (Å²) < 4.78 is 6.12. The number of benzene rings is 1. The van der Waals surface area contributed by atoms with Crippen LogP contribution >= 0.6 is 0 Å². The van der Waals surface area contributed by atoms with Crippen LogP contribution in [0.15, 0.2) is 48.8 Å². The molecular formula is C26H33N3O3. The van der Waals surface area contributed by atoms with Gasteiger partial charge in [-0.1, -0.05) is 49.6 Å². The third kappa shape index (κ3) is 5.18. The van der Waals surface area contributed by atoms with Gasteiger partial charge in [0.15, 0.2) is 5.60 Å². The van der Waals surface area contributed by atoms with E-state index in [2.05, 4.69) is 16.4 Å². The van der Waals surface area contributed by atoms with Gasteiger partial charge < -0.3 is 15.0 Å². The van der Waals surface area contributed by atoms with Gasteiger partial charge >= 0.3 is 0 Å². The summed E-state index contributed by atoms with van der Waals surface area (Å²) in [5.41, 5.74) is 1.99. The molecule has 1 atom stereocenters. The molecule has 2 aliphatic rings. The lowest BCUT2D eigenvalue weighted by Crippen LogP contribution is -2.61. The summed E-state index contributed by atoms with van der Waals surface area (Å²) in [5, 5.41) is 2.77. The maximum atomic E-state index is 13.1. The highest BCUT2D eigenvalue weighted by atomic mass is 16.5. The molecule has 1 saturated heterocycles. The molecule has 6 heteroatoms. The van der Waals surface area contributed by atoms with Crippen LogP contribution in [-0.2, 0) is 20.7 Å². The Hall–Kier alpha value is -2.73. The number of likely N-dealkylation sites (N-methyl/N-ethyl adjacent to an activating group) is 1. The molecule has 32 heavy (non-hydrogen) atoms. The highest BCUT2D eigenvalue weighted by Crippen LogP contribution is 2.30. The van der Waals surface area contributed by atoms with Gasteiger partial charge in [0.1, 0.15) is 0 Å². The van der Waals surface area contributed by atoms with E-state index >= 15 is 0 Å². The SMILES string of the molecule is CNC(=O)[C@@]1(Cc2cccc(-c3cccnc3)c2)CN(C(=O)CC2CCCCC2)CCO1. The van der Waals surface area contributed by atoms with E-state index < -0.39 is 5.60 Å². The van der Waals surface area contributed by atoms with E-state index in [9.17, 15) is 9.59 Å². The maximum Gasteiger partial charge on any atom is 0.254 e. The first kappa shape index (κ1) is 22.5. The molecule has 2 aromatic rings. The monoisotopic (exact) mass is 435 g/mol. The first-order valence-corrected chi connectivity index (χ1v) is 11.7. The average Bonchev–Trinajstić information content (AvgIpc) is 2.85. The lowest BCUT2D eigenvalue weighted by Gasteiger charge is -2.42. The van der Waals surface area contributed by atoms with Gasteiger partial charge in [-0.2, -0.15) is 0 Å². The number of carbonyl (C=O) groups is 2. The Balaban J connectivity index is 1.52. The van der Waals surface area contributed by atoms with Crippen molar-refractivity contribution in [1.82, 2.24) is 15.2 Å². The molecule has 0 spiro atoms. The van der Waals surface area contributed by atoms with E-state index in [1.165, 1.54) is 19.3 Å². The van der Waals surface area contributed by atoms with Crippen molar-refractivity contribution in [3.05, 3.63) is 54.4 Å². The number of ether oxygens (including phenoxy) is 1. The Morgan fingerprint density at radius 3 is 2.72 bits per heavy atom. The molecule has 1 aromatic carbocycles. The van der Waals surface area contributed by atoms with Crippen molar-refractivity contribution in [2.75, 3.05) is 26.7 Å². The van der Waals surface area contributed by atoms with Gasteiger partial charge in [0.2, 0.25) is 5.91 Å². The Morgan fingerprint density at radius 2 is 1.97 bits per heavy atom. The predicted octanol–water partition coefficient (Wildman–Crippen LogP) is 3.61. The molecule has 1 N–H and O–H groups in total. The number of aromatic nitrogens is 1. The van der Waals surface area contributed by atoms with Gasteiger partial charge in [-0.05, 0) is 41.5 Å². The molecule has 170 valence electrons. The van der Waals surface area contributed by atoms with Crippen LogP contribution < -0.4 is 5.32 Å². The van der Waals surface area contributed by atoms with Crippen molar-refractivity contribution >= 4 is 11.8 Å². The van der Waals surface area contributed by atoms with Gasteiger partial charge in [0, 0.05) is 38.8 Å². The summed E-state index contributed by atoms with van der Waals surface area (Å²) >= 11 is 0. The van der Waals surface area contributed by atoms with Gasteiger partial charge in [0.05, 0.1) is 13.2 Å². The number of amides is 2. The highest BCUT2D eigenvalue weighted by Gasteiger charge is 2.44. The third-order valence-electron chi connectivity index (χ3n) is 6.78. The lowest BCUT2D eigenvalue weighted by atomic mass is 9.86.